The molecule has 0 atom stereocenters. The summed E-state index contributed by atoms with van der Waals surface area (Å²) >= 11 is 0. The van der Waals surface area contributed by atoms with Crippen LogP contribution in [0.5, 0.6) is 5.75 Å². The number of carbonyl (C=O) groups excluding carboxylic acids is 1. The second-order valence-electron chi connectivity index (χ2n) is 6.00. The number of nitrogens with zero attached hydrogens (tertiary/aromatic N) is 2. The van der Waals surface area contributed by atoms with Crippen LogP contribution in [0.2, 0.25) is 0 Å². The Bertz CT molecular complexity index is 842. The summed E-state index contributed by atoms with van der Waals surface area (Å²) < 4.78 is 7.41. The van der Waals surface area contributed by atoms with E-state index in [9.17, 15) is 4.79 Å². The number of hydrogen-bond acceptors (Lipinski definition) is 3. The average molecular weight is 335 g/mol. The molecular weight excluding hydrogens is 314 g/mol. The van der Waals surface area contributed by atoms with Crippen molar-refractivity contribution in [3.8, 4) is 11.4 Å². The standard InChI is InChI=1S/C20H21N3O2/c1-15(2)25-19-9-3-6-16(12-19)14-21-20(24)17-7-4-8-18(13-17)23-11-5-10-22-23/h3-13,15H,14H2,1-2H3,(H,21,24). The molecule has 0 aliphatic heterocycles. The molecule has 5 nitrogen and oxygen atoms in total. The van der Waals surface area contributed by atoms with E-state index in [1.54, 1.807) is 16.9 Å². The predicted molar refractivity (Wildman–Crippen MR) is 96.9 cm³/mol. The average Bonchev–Trinajstić information content (AvgIpc) is 3.14. The van der Waals surface area contributed by atoms with Gasteiger partial charge in [0.25, 0.3) is 5.91 Å². The van der Waals surface area contributed by atoms with Crippen LogP contribution in [0.1, 0.15) is 29.8 Å². The number of carbonyl (C=O) groups is 1. The first kappa shape index (κ1) is 16.8. The van der Waals surface area contributed by atoms with E-state index < -0.39 is 0 Å². The van der Waals surface area contributed by atoms with Crippen molar-refractivity contribution in [1.29, 1.82) is 0 Å². The van der Waals surface area contributed by atoms with Crippen molar-refractivity contribution in [2.45, 2.75) is 26.5 Å². The van der Waals surface area contributed by atoms with E-state index >= 15 is 0 Å². The smallest absolute Gasteiger partial charge is 0.251 e. The molecule has 1 heterocycles. The van der Waals surface area contributed by atoms with Crippen molar-refractivity contribution in [2.75, 3.05) is 0 Å². The van der Waals surface area contributed by atoms with Gasteiger partial charge < -0.3 is 10.1 Å². The molecule has 2 aromatic carbocycles. The summed E-state index contributed by atoms with van der Waals surface area (Å²) in [7, 11) is 0. The normalized spacial score (nSPS) is 10.7. The number of aromatic nitrogens is 2. The molecule has 0 aliphatic carbocycles. The highest BCUT2D eigenvalue weighted by molar-refractivity contribution is 5.94. The molecule has 3 rings (SSSR count). The first-order chi connectivity index (χ1) is 12.1. The van der Waals surface area contributed by atoms with Gasteiger partial charge in [0, 0.05) is 24.5 Å². The van der Waals surface area contributed by atoms with Crippen molar-refractivity contribution in [3.63, 3.8) is 0 Å². The minimum Gasteiger partial charge on any atom is -0.491 e. The van der Waals surface area contributed by atoms with Gasteiger partial charge in [-0.3, -0.25) is 4.79 Å². The summed E-state index contributed by atoms with van der Waals surface area (Å²) in [6, 6.07) is 17.0. The third kappa shape index (κ3) is 4.47. The summed E-state index contributed by atoms with van der Waals surface area (Å²) in [5.41, 5.74) is 2.45. The second kappa shape index (κ2) is 7.66. The maximum Gasteiger partial charge on any atom is 0.251 e. The molecule has 5 heteroatoms. The number of ether oxygens (including phenoxy) is 1. The number of amides is 1. The SMILES string of the molecule is CC(C)Oc1cccc(CNC(=O)c2cccc(-n3cccn3)c2)c1. The first-order valence-corrected chi connectivity index (χ1v) is 8.26. The molecule has 1 N–H and O–H groups in total. The molecule has 0 unspecified atom stereocenters. The topological polar surface area (TPSA) is 56.1 Å². The maximum atomic E-state index is 12.4. The lowest BCUT2D eigenvalue weighted by atomic mass is 10.1. The molecule has 0 aliphatic rings. The Morgan fingerprint density at radius 2 is 2.00 bits per heavy atom. The molecule has 0 saturated carbocycles. The van der Waals surface area contributed by atoms with Crippen molar-refractivity contribution in [2.24, 2.45) is 0 Å². The van der Waals surface area contributed by atoms with Gasteiger partial charge in [0.2, 0.25) is 0 Å². The first-order valence-electron chi connectivity index (χ1n) is 8.26. The highest BCUT2D eigenvalue weighted by Crippen LogP contribution is 2.15. The van der Waals surface area contributed by atoms with E-state index in [1.165, 1.54) is 0 Å². The predicted octanol–water partition coefficient (Wildman–Crippen LogP) is 3.59. The zero-order chi connectivity index (χ0) is 17.6. The van der Waals surface area contributed by atoms with Crippen molar-refractivity contribution < 1.29 is 9.53 Å². The lowest BCUT2D eigenvalue weighted by molar-refractivity contribution is 0.0950. The molecule has 0 bridgehead atoms. The molecule has 0 spiro atoms. The fourth-order valence-electron chi connectivity index (χ4n) is 2.50. The van der Waals surface area contributed by atoms with E-state index in [-0.39, 0.29) is 12.0 Å². The maximum absolute atomic E-state index is 12.4. The Morgan fingerprint density at radius 3 is 2.76 bits per heavy atom. The summed E-state index contributed by atoms with van der Waals surface area (Å²) in [5.74, 6) is 0.687. The van der Waals surface area contributed by atoms with E-state index in [4.69, 9.17) is 4.74 Å². The van der Waals surface area contributed by atoms with Gasteiger partial charge in [-0.1, -0.05) is 18.2 Å². The van der Waals surface area contributed by atoms with Gasteiger partial charge in [-0.05, 0) is 55.8 Å². The molecule has 128 valence electrons. The van der Waals surface area contributed by atoms with E-state index in [1.807, 2.05) is 68.6 Å². The van der Waals surface area contributed by atoms with Crippen LogP contribution in [0.4, 0.5) is 0 Å². The number of benzene rings is 2. The quantitative estimate of drug-likeness (QED) is 0.749. The third-order valence-corrected chi connectivity index (χ3v) is 3.60. The Hall–Kier alpha value is -3.08. The molecule has 1 amide bonds. The summed E-state index contributed by atoms with van der Waals surface area (Å²) in [5, 5.41) is 7.13. The van der Waals surface area contributed by atoms with Crippen LogP contribution in [0, 0.1) is 0 Å². The van der Waals surface area contributed by atoms with Gasteiger partial charge in [-0.25, -0.2) is 4.68 Å². The van der Waals surface area contributed by atoms with Gasteiger partial charge in [-0.15, -0.1) is 0 Å². The molecule has 25 heavy (non-hydrogen) atoms. The molecule has 0 fully saturated rings. The minimum atomic E-state index is -0.121. The number of hydrogen-bond donors (Lipinski definition) is 1. The van der Waals surface area contributed by atoms with Gasteiger partial charge in [-0.2, -0.15) is 5.10 Å². The number of rotatable bonds is 6. The summed E-state index contributed by atoms with van der Waals surface area (Å²) in [6.45, 7) is 4.42. The Kier molecular flexibility index (Phi) is 5.14. The third-order valence-electron chi connectivity index (χ3n) is 3.60. The molecule has 3 aromatic rings. The highest BCUT2D eigenvalue weighted by Gasteiger charge is 2.08. The summed E-state index contributed by atoms with van der Waals surface area (Å²) in [6.07, 6.45) is 3.67. The van der Waals surface area contributed by atoms with Crippen molar-refractivity contribution in [3.05, 3.63) is 78.1 Å². The van der Waals surface area contributed by atoms with Gasteiger partial charge in [0.05, 0.1) is 11.8 Å². The van der Waals surface area contributed by atoms with Crippen LogP contribution in [0.3, 0.4) is 0 Å². The molecule has 0 saturated heterocycles. The van der Waals surface area contributed by atoms with Crippen LogP contribution in [0.15, 0.2) is 67.0 Å². The van der Waals surface area contributed by atoms with Crippen molar-refractivity contribution in [1.82, 2.24) is 15.1 Å². The molecule has 0 radical (unpaired) electrons. The minimum absolute atomic E-state index is 0.120. The van der Waals surface area contributed by atoms with Gasteiger partial charge in [0.1, 0.15) is 5.75 Å². The Balaban J connectivity index is 1.66. The fourth-order valence-corrected chi connectivity index (χ4v) is 2.50. The van der Waals surface area contributed by atoms with Gasteiger partial charge >= 0.3 is 0 Å². The lowest BCUT2D eigenvalue weighted by Crippen LogP contribution is -2.23. The van der Waals surface area contributed by atoms with E-state index in [0.29, 0.717) is 12.1 Å². The molecule has 1 aromatic heterocycles. The molecular formula is C20H21N3O2. The van der Waals surface area contributed by atoms with Gasteiger partial charge in [0.15, 0.2) is 0 Å². The largest absolute Gasteiger partial charge is 0.491 e. The number of nitrogens with one attached hydrogen (secondary N) is 1. The lowest BCUT2D eigenvalue weighted by Gasteiger charge is -2.11. The second-order valence-corrected chi connectivity index (χ2v) is 6.00. The van der Waals surface area contributed by atoms with Crippen LogP contribution in [-0.4, -0.2) is 21.8 Å². The van der Waals surface area contributed by atoms with Crippen LogP contribution >= 0.6 is 0 Å². The Labute approximate surface area is 147 Å². The Morgan fingerprint density at radius 1 is 1.16 bits per heavy atom. The van der Waals surface area contributed by atoms with Crippen LogP contribution in [-0.2, 0) is 6.54 Å². The van der Waals surface area contributed by atoms with Crippen LogP contribution < -0.4 is 10.1 Å². The highest BCUT2D eigenvalue weighted by atomic mass is 16.5. The van der Waals surface area contributed by atoms with E-state index in [0.717, 1.165) is 17.0 Å². The zero-order valence-electron chi connectivity index (χ0n) is 14.3. The van der Waals surface area contributed by atoms with Crippen LogP contribution in [0.25, 0.3) is 5.69 Å². The fraction of sp³-hybridized carbons (Fsp3) is 0.200. The monoisotopic (exact) mass is 335 g/mol. The van der Waals surface area contributed by atoms with Crippen molar-refractivity contribution >= 4 is 5.91 Å². The van der Waals surface area contributed by atoms with E-state index in [2.05, 4.69) is 10.4 Å². The summed E-state index contributed by atoms with van der Waals surface area (Å²) in [4.78, 5) is 12.4. The zero-order valence-corrected chi connectivity index (χ0v) is 14.3.